The van der Waals surface area contributed by atoms with Crippen molar-refractivity contribution in [1.29, 1.82) is 0 Å². The van der Waals surface area contributed by atoms with Gasteiger partial charge in [0.05, 0.1) is 24.9 Å². The highest BCUT2D eigenvalue weighted by Crippen LogP contribution is 2.28. The molecular weight excluding hydrogens is 268 g/mol. The fraction of sp³-hybridized carbons (Fsp3) is 0.462. The topological polar surface area (TPSA) is 70.6 Å². The molecule has 6 heteroatoms. The van der Waals surface area contributed by atoms with Gasteiger partial charge >= 0.3 is 6.03 Å². The Bertz CT molecular complexity index is 422. The normalized spacial score (nSPS) is 11.8. The molecule has 106 valence electrons. The van der Waals surface area contributed by atoms with E-state index in [-0.39, 0.29) is 18.7 Å². The first-order valence-corrected chi connectivity index (χ1v) is 6.59. The second-order valence-electron chi connectivity index (χ2n) is 3.96. The van der Waals surface area contributed by atoms with Crippen LogP contribution in [-0.2, 0) is 0 Å². The Labute approximate surface area is 117 Å². The Balaban J connectivity index is 2.72. The van der Waals surface area contributed by atoms with Crippen molar-refractivity contribution in [3.05, 3.63) is 23.2 Å². The first-order valence-electron chi connectivity index (χ1n) is 6.21. The van der Waals surface area contributed by atoms with Crippen LogP contribution < -0.4 is 15.4 Å². The lowest BCUT2D eigenvalue weighted by atomic mass is 10.2. The molecule has 19 heavy (non-hydrogen) atoms. The number of halogens is 1. The van der Waals surface area contributed by atoms with E-state index in [0.717, 1.165) is 0 Å². The van der Waals surface area contributed by atoms with Crippen molar-refractivity contribution < 1.29 is 14.6 Å². The Morgan fingerprint density at radius 2 is 2.21 bits per heavy atom. The molecule has 0 aliphatic carbocycles. The van der Waals surface area contributed by atoms with E-state index >= 15 is 0 Å². The molecule has 0 aliphatic rings. The van der Waals surface area contributed by atoms with Crippen LogP contribution in [0.15, 0.2) is 18.2 Å². The number of amides is 2. The third-order valence-electron chi connectivity index (χ3n) is 2.54. The molecule has 0 bridgehead atoms. The van der Waals surface area contributed by atoms with Gasteiger partial charge in [-0.2, -0.15) is 0 Å². The van der Waals surface area contributed by atoms with E-state index in [2.05, 4.69) is 10.6 Å². The van der Waals surface area contributed by atoms with Gasteiger partial charge in [0.2, 0.25) is 0 Å². The number of nitrogens with one attached hydrogen (secondary N) is 2. The van der Waals surface area contributed by atoms with Crippen LogP contribution in [0.2, 0.25) is 5.02 Å². The molecule has 5 nitrogen and oxygen atoms in total. The van der Waals surface area contributed by atoms with Crippen LogP contribution in [0.1, 0.15) is 20.3 Å². The summed E-state index contributed by atoms with van der Waals surface area (Å²) >= 11 is 5.88. The van der Waals surface area contributed by atoms with E-state index in [1.165, 1.54) is 0 Å². The number of rotatable bonds is 6. The number of aliphatic hydroxyl groups excluding tert-OH is 1. The van der Waals surface area contributed by atoms with Crippen molar-refractivity contribution >= 4 is 23.3 Å². The Morgan fingerprint density at radius 1 is 1.47 bits per heavy atom. The minimum absolute atomic E-state index is 0.0944. The standard InChI is InChI=1S/C13H19ClN2O3/c1-3-10(8-17)15-13(18)16-11-6-5-9(14)7-12(11)19-4-2/h5-7,10,17H,3-4,8H2,1-2H3,(H2,15,16,18). The molecule has 0 spiro atoms. The summed E-state index contributed by atoms with van der Waals surface area (Å²) in [5.41, 5.74) is 0.538. The minimum atomic E-state index is -0.385. The first-order chi connectivity index (χ1) is 9.10. The lowest BCUT2D eigenvalue weighted by Gasteiger charge is -2.16. The zero-order valence-electron chi connectivity index (χ0n) is 11.1. The Kier molecular flexibility index (Phi) is 6.45. The SMILES string of the molecule is CCOc1cc(Cl)ccc1NC(=O)NC(CC)CO. The van der Waals surface area contributed by atoms with Gasteiger partial charge in [-0.05, 0) is 25.5 Å². The third kappa shape index (κ3) is 4.96. The lowest BCUT2D eigenvalue weighted by molar-refractivity contribution is 0.222. The summed E-state index contributed by atoms with van der Waals surface area (Å²) in [6.07, 6.45) is 0.656. The van der Waals surface area contributed by atoms with E-state index in [1.54, 1.807) is 18.2 Å². The molecule has 1 unspecified atom stereocenters. The van der Waals surface area contributed by atoms with E-state index < -0.39 is 0 Å². The lowest BCUT2D eigenvalue weighted by Crippen LogP contribution is -2.39. The summed E-state index contributed by atoms with van der Waals surface area (Å²) in [7, 11) is 0. The number of hydrogen-bond donors (Lipinski definition) is 3. The summed E-state index contributed by atoms with van der Waals surface area (Å²) in [5, 5.41) is 14.9. The molecule has 1 rings (SSSR count). The predicted octanol–water partition coefficient (Wildman–Crippen LogP) is 2.63. The first kappa shape index (κ1) is 15.6. The number of anilines is 1. The van der Waals surface area contributed by atoms with Gasteiger partial charge in [-0.25, -0.2) is 4.79 Å². The molecule has 1 atom stereocenters. The molecule has 0 aromatic heterocycles. The maximum absolute atomic E-state index is 11.8. The predicted molar refractivity (Wildman–Crippen MR) is 75.9 cm³/mol. The van der Waals surface area contributed by atoms with Crippen molar-refractivity contribution in [2.45, 2.75) is 26.3 Å². The summed E-state index contributed by atoms with van der Waals surface area (Å²) < 4.78 is 5.40. The molecule has 2 amide bonds. The average molecular weight is 287 g/mol. The van der Waals surface area contributed by atoms with Crippen molar-refractivity contribution in [3.8, 4) is 5.75 Å². The molecule has 0 aliphatic heterocycles. The van der Waals surface area contributed by atoms with E-state index in [4.69, 9.17) is 21.4 Å². The third-order valence-corrected chi connectivity index (χ3v) is 2.78. The molecule has 0 saturated carbocycles. The Morgan fingerprint density at radius 3 is 2.79 bits per heavy atom. The Hall–Kier alpha value is -1.46. The smallest absolute Gasteiger partial charge is 0.319 e. The van der Waals surface area contributed by atoms with Gasteiger partial charge in [-0.15, -0.1) is 0 Å². The maximum Gasteiger partial charge on any atom is 0.319 e. The van der Waals surface area contributed by atoms with Gasteiger partial charge in [0.25, 0.3) is 0 Å². The van der Waals surface area contributed by atoms with Crippen molar-refractivity contribution in [1.82, 2.24) is 5.32 Å². The second-order valence-corrected chi connectivity index (χ2v) is 4.40. The molecule has 0 heterocycles. The van der Waals surface area contributed by atoms with Crippen LogP contribution in [0.3, 0.4) is 0 Å². The largest absolute Gasteiger partial charge is 0.492 e. The quantitative estimate of drug-likeness (QED) is 0.753. The monoisotopic (exact) mass is 286 g/mol. The minimum Gasteiger partial charge on any atom is -0.492 e. The molecule has 1 aromatic carbocycles. The molecule has 1 aromatic rings. The number of aliphatic hydroxyl groups is 1. The molecule has 0 radical (unpaired) electrons. The number of hydrogen-bond acceptors (Lipinski definition) is 3. The van der Waals surface area contributed by atoms with E-state index in [0.29, 0.717) is 29.5 Å². The molecule has 0 saturated heterocycles. The second kappa shape index (κ2) is 7.86. The van der Waals surface area contributed by atoms with Gasteiger partial charge in [-0.1, -0.05) is 18.5 Å². The van der Waals surface area contributed by atoms with Gasteiger partial charge in [0.15, 0.2) is 0 Å². The fourth-order valence-corrected chi connectivity index (χ4v) is 1.66. The van der Waals surface area contributed by atoms with Gasteiger partial charge in [0, 0.05) is 11.1 Å². The summed E-state index contributed by atoms with van der Waals surface area (Å²) in [4.78, 5) is 11.8. The molecule has 0 fully saturated rings. The summed E-state index contributed by atoms with van der Waals surface area (Å²) in [6.45, 7) is 4.12. The van der Waals surface area contributed by atoms with Crippen LogP contribution >= 0.6 is 11.6 Å². The van der Waals surface area contributed by atoms with Gasteiger partial charge < -0.3 is 20.5 Å². The summed E-state index contributed by atoms with van der Waals surface area (Å²) in [6, 6.07) is 4.34. The van der Waals surface area contributed by atoms with Crippen molar-refractivity contribution in [2.75, 3.05) is 18.5 Å². The highest BCUT2D eigenvalue weighted by molar-refractivity contribution is 6.30. The van der Waals surface area contributed by atoms with Crippen LogP contribution in [0.4, 0.5) is 10.5 Å². The number of carbonyl (C=O) groups is 1. The number of benzene rings is 1. The van der Waals surface area contributed by atoms with Crippen LogP contribution in [0, 0.1) is 0 Å². The van der Waals surface area contributed by atoms with Crippen molar-refractivity contribution in [3.63, 3.8) is 0 Å². The number of ether oxygens (including phenoxy) is 1. The fourth-order valence-electron chi connectivity index (χ4n) is 1.49. The summed E-state index contributed by atoms with van der Waals surface area (Å²) in [5.74, 6) is 0.516. The zero-order valence-corrected chi connectivity index (χ0v) is 11.8. The van der Waals surface area contributed by atoms with Crippen LogP contribution in [0.5, 0.6) is 5.75 Å². The van der Waals surface area contributed by atoms with Gasteiger partial charge in [0.1, 0.15) is 5.75 Å². The molecular formula is C13H19ClN2O3. The maximum atomic E-state index is 11.8. The highest BCUT2D eigenvalue weighted by Gasteiger charge is 2.11. The van der Waals surface area contributed by atoms with Crippen LogP contribution in [-0.4, -0.2) is 30.4 Å². The average Bonchev–Trinajstić information content (AvgIpc) is 2.39. The number of urea groups is 1. The van der Waals surface area contributed by atoms with Gasteiger partial charge in [-0.3, -0.25) is 0 Å². The van der Waals surface area contributed by atoms with Crippen molar-refractivity contribution in [2.24, 2.45) is 0 Å². The van der Waals surface area contributed by atoms with E-state index in [9.17, 15) is 4.79 Å². The van der Waals surface area contributed by atoms with Crippen LogP contribution in [0.25, 0.3) is 0 Å². The highest BCUT2D eigenvalue weighted by atomic mass is 35.5. The number of carbonyl (C=O) groups excluding carboxylic acids is 1. The zero-order chi connectivity index (χ0) is 14.3. The molecule has 3 N–H and O–H groups in total. The van der Waals surface area contributed by atoms with E-state index in [1.807, 2.05) is 13.8 Å².